The molecule has 0 unspecified atom stereocenters. The van der Waals surface area contributed by atoms with Gasteiger partial charge in [-0.3, -0.25) is 0 Å². The Morgan fingerprint density at radius 3 is 2.00 bits per heavy atom. The molecule has 0 aliphatic rings. The molecule has 3 N–H and O–H groups in total. The molecule has 0 heterocycles. The van der Waals surface area contributed by atoms with Crippen LogP contribution in [0.15, 0.2) is 36.4 Å². The van der Waals surface area contributed by atoms with Crippen LogP contribution in [-0.2, 0) is 0 Å². The zero-order valence-electron chi connectivity index (χ0n) is 9.96. The summed E-state index contributed by atoms with van der Waals surface area (Å²) in [6.45, 7) is 0. The lowest BCUT2D eigenvalue weighted by molar-refractivity contribution is -0.290. The molecule has 0 amide bonds. The lowest BCUT2D eigenvalue weighted by atomic mass is 9.94. The van der Waals surface area contributed by atoms with Crippen molar-refractivity contribution in [3.63, 3.8) is 0 Å². The summed E-state index contributed by atoms with van der Waals surface area (Å²) in [4.78, 5) is 0. The first kappa shape index (κ1) is 14.5. The van der Waals surface area contributed by atoms with Gasteiger partial charge in [0.25, 0.3) is 0 Å². The van der Waals surface area contributed by atoms with Crippen molar-refractivity contribution in [2.75, 3.05) is 0 Å². The standard InChI is InChI=1S/C13H10F5NO/c14-12(15,13(16,17)18)11(19)9-5-6-10(20)8-4-2-1-3-7(8)9/h1-6,11,20H,19H2/t11-/m1/s1. The molecule has 0 aromatic heterocycles. The van der Waals surface area contributed by atoms with Gasteiger partial charge in [-0.2, -0.15) is 22.0 Å². The van der Waals surface area contributed by atoms with Gasteiger partial charge in [-0.1, -0.05) is 30.3 Å². The minimum absolute atomic E-state index is 0.0592. The largest absolute Gasteiger partial charge is 0.507 e. The fourth-order valence-corrected chi connectivity index (χ4v) is 1.95. The number of phenolic OH excluding ortho intramolecular Hbond substituents is 1. The van der Waals surface area contributed by atoms with E-state index in [1.54, 1.807) is 0 Å². The Morgan fingerprint density at radius 1 is 0.900 bits per heavy atom. The van der Waals surface area contributed by atoms with Gasteiger partial charge < -0.3 is 10.8 Å². The Bertz CT molecular complexity index is 638. The molecule has 0 aliphatic carbocycles. The topological polar surface area (TPSA) is 46.2 Å². The third-order valence-corrected chi connectivity index (χ3v) is 3.04. The van der Waals surface area contributed by atoms with Gasteiger partial charge in [-0.25, -0.2) is 0 Å². The molecule has 0 fully saturated rings. The molecular formula is C13H10F5NO. The van der Waals surface area contributed by atoms with Crippen molar-refractivity contribution >= 4 is 10.8 Å². The van der Waals surface area contributed by atoms with Crippen LogP contribution in [0.1, 0.15) is 11.6 Å². The number of alkyl halides is 5. The molecule has 0 spiro atoms. The van der Waals surface area contributed by atoms with Crippen LogP contribution < -0.4 is 5.73 Å². The molecule has 2 rings (SSSR count). The van der Waals surface area contributed by atoms with Gasteiger partial charge in [0.05, 0.1) is 0 Å². The summed E-state index contributed by atoms with van der Waals surface area (Å²) in [6, 6.07) is 5.20. The van der Waals surface area contributed by atoms with E-state index < -0.39 is 18.1 Å². The molecular weight excluding hydrogens is 281 g/mol. The molecule has 2 nitrogen and oxygen atoms in total. The van der Waals surface area contributed by atoms with Crippen LogP contribution in [0.2, 0.25) is 0 Å². The van der Waals surface area contributed by atoms with E-state index in [1.807, 2.05) is 0 Å². The third kappa shape index (κ3) is 2.18. The molecule has 2 aromatic carbocycles. The summed E-state index contributed by atoms with van der Waals surface area (Å²) >= 11 is 0. The highest BCUT2D eigenvalue weighted by Crippen LogP contribution is 2.45. The van der Waals surface area contributed by atoms with Gasteiger partial charge in [0.15, 0.2) is 0 Å². The van der Waals surface area contributed by atoms with Crippen LogP contribution >= 0.6 is 0 Å². The van der Waals surface area contributed by atoms with Crippen molar-refractivity contribution in [1.29, 1.82) is 0 Å². The zero-order valence-corrected chi connectivity index (χ0v) is 9.96. The van der Waals surface area contributed by atoms with E-state index in [9.17, 15) is 27.1 Å². The van der Waals surface area contributed by atoms with Crippen molar-refractivity contribution < 1.29 is 27.1 Å². The minimum Gasteiger partial charge on any atom is -0.507 e. The molecule has 108 valence electrons. The van der Waals surface area contributed by atoms with Crippen LogP contribution in [0, 0.1) is 0 Å². The number of nitrogens with two attached hydrogens (primary N) is 1. The van der Waals surface area contributed by atoms with Crippen molar-refractivity contribution in [3.8, 4) is 5.75 Å². The summed E-state index contributed by atoms with van der Waals surface area (Å²) < 4.78 is 63.8. The van der Waals surface area contributed by atoms with Gasteiger partial charge in [0.2, 0.25) is 0 Å². The smallest absolute Gasteiger partial charge is 0.455 e. The highest BCUT2D eigenvalue weighted by molar-refractivity contribution is 5.91. The number of halogens is 5. The second kappa shape index (κ2) is 4.59. The van der Waals surface area contributed by atoms with Crippen molar-refractivity contribution in [2.45, 2.75) is 18.1 Å². The summed E-state index contributed by atoms with van der Waals surface area (Å²) in [6.07, 6.45) is -5.74. The predicted octanol–water partition coefficient (Wildman–Crippen LogP) is 3.74. The van der Waals surface area contributed by atoms with Crippen molar-refractivity contribution in [3.05, 3.63) is 42.0 Å². The number of hydrogen-bond donors (Lipinski definition) is 2. The van der Waals surface area contributed by atoms with E-state index >= 15 is 0 Å². The normalized spacial score (nSPS) is 14.5. The van der Waals surface area contributed by atoms with Crippen molar-refractivity contribution in [1.82, 2.24) is 0 Å². The number of rotatable bonds is 2. The monoisotopic (exact) mass is 291 g/mol. The highest BCUT2D eigenvalue weighted by Gasteiger charge is 2.61. The number of hydrogen-bond acceptors (Lipinski definition) is 2. The maximum Gasteiger partial charge on any atom is 0.455 e. The summed E-state index contributed by atoms with van der Waals surface area (Å²) in [5.74, 6) is -5.28. The van der Waals surface area contributed by atoms with Crippen molar-refractivity contribution in [2.24, 2.45) is 5.73 Å². The summed E-state index contributed by atoms with van der Waals surface area (Å²) in [5.41, 5.74) is 4.75. The van der Waals surface area contributed by atoms with Gasteiger partial charge in [0, 0.05) is 5.39 Å². The zero-order chi connectivity index (χ0) is 15.1. The summed E-state index contributed by atoms with van der Waals surface area (Å²) in [7, 11) is 0. The second-order valence-electron chi connectivity index (χ2n) is 4.32. The first-order valence-corrected chi connectivity index (χ1v) is 5.57. The van der Waals surface area contributed by atoms with Crippen LogP contribution in [-0.4, -0.2) is 17.2 Å². The van der Waals surface area contributed by atoms with Crippen LogP contribution in [0.3, 0.4) is 0 Å². The van der Waals surface area contributed by atoms with E-state index in [0.29, 0.717) is 0 Å². The first-order chi connectivity index (χ1) is 9.16. The third-order valence-electron chi connectivity index (χ3n) is 3.04. The molecule has 7 heteroatoms. The highest BCUT2D eigenvalue weighted by atomic mass is 19.4. The SMILES string of the molecule is N[C@H](c1ccc(O)c2ccccc12)C(F)(F)C(F)(F)F. The molecule has 0 saturated heterocycles. The van der Waals surface area contributed by atoms with E-state index in [0.717, 1.165) is 12.1 Å². The Hall–Kier alpha value is -1.89. The lowest BCUT2D eigenvalue weighted by Gasteiger charge is -2.26. The van der Waals surface area contributed by atoms with E-state index in [4.69, 9.17) is 5.73 Å². The van der Waals surface area contributed by atoms with E-state index in [-0.39, 0.29) is 22.1 Å². The minimum atomic E-state index is -5.74. The average Bonchev–Trinajstić information content (AvgIpc) is 2.37. The summed E-state index contributed by atoms with van der Waals surface area (Å²) in [5, 5.41) is 9.81. The Morgan fingerprint density at radius 2 is 1.45 bits per heavy atom. The maximum atomic E-state index is 13.3. The molecule has 2 aromatic rings. The van der Waals surface area contributed by atoms with Crippen LogP contribution in [0.4, 0.5) is 22.0 Å². The van der Waals surface area contributed by atoms with Gasteiger partial charge in [-0.05, 0) is 17.0 Å². The number of phenols is 1. The predicted molar refractivity (Wildman–Crippen MR) is 63.5 cm³/mol. The second-order valence-corrected chi connectivity index (χ2v) is 4.32. The van der Waals surface area contributed by atoms with E-state index in [2.05, 4.69) is 0 Å². The molecule has 0 aliphatic heterocycles. The molecule has 1 atom stereocenters. The van der Waals surface area contributed by atoms with Gasteiger partial charge in [0.1, 0.15) is 11.8 Å². The molecule has 20 heavy (non-hydrogen) atoms. The Kier molecular flexibility index (Phi) is 3.33. The number of fused-ring (bicyclic) bond motifs is 1. The van der Waals surface area contributed by atoms with Crippen LogP contribution in [0.5, 0.6) is 5.75 Å². The number of aromatic hydroxyl groups is 1. The molecule has 0 bridgehead atoms. The fraction of sp³-hybridized carbons (Fsp3) is 0.231. The average molecular weight is 291 g/mol. The van der Waals surface area contributed by atoms with Crippen LogP contribution in [0.25, 0.3) is 10.8 Å². The van der Waals surface area contributed by atoms with Gasteiger partial charge in [-0.15, -0.1) is 0 Å². The maximum absolute atomic E-state index is 13.3. The fourth-order valence-electron chi connectivity index (χ4n) is 1.95. The lowest BCUT2D eigenvalue weighted by Crippen LogP contribution is -2.45. The quantitative estimate of drug-likeness (QED) is 0.828. The van der Waals surface area contributed by atoms with Gasteiger partial charge >= 0.3 is 12.1 Å². The number of benzene rings is 2. The Labute approximate surface area is 110 Å². The first-order valence-electron chi connectivity index (χ1n) is 5.57. The molecule has 0 saturated carbocycles. The Balaban J connectivity index is 2.62. The molecule has 0 radical (unpaired) electrons. The van der Waals surface area contributed by atoms with E-state index in [1.165, 1.54) is 24.3 Å².